The van der Waals surface area contributed by atoms with Crippen molar-refractivity contribution >= 4 is 33.2 Å². The molecule has 0 spiro atoms. The van der Waals surface area contributed by atoms with Gasteiger partial charge >= 0.3 is 0 Å². The van der Waals surface area contributed by atoms with Crippen molar-refractivity contribution in [2.45, 2.75) is 12.8 Å². The Kier molecular flexibility index (Phi) is 4.96. The molecule has 2 aliphatic heterocycles. The quantitative estimate of drug-likeness (QED) is 0.767. The lowest BCUT2D eigenvalue weighted by Gasteiger charge is -2.30. The Morgan fingerprint density at radius 1 is 1.32 bits per heavy atom. The van der Waals surface area contributed by atoms with Gasteiger partial charge in [-0.2, -0.15) is 0 Å². The van der Waals surface area contributed by atoms with Crippen LogP contribution in [0.5, 0.6) is 0 Å². The van der Waals surface area contributed by atoms with Gasteiger partial charge in [-0.15, -0.1) is 0 Å². The molecule has 1 saturated heterocycles. The first-order chi connectivity index (χ1) is 11.8. The second-order valence-electron chi connectivity index (χ2n) is 6.39. The van der Waals surface area contributed by atoms with Gasteiger partial charge in [0.25, 0.3) is 0 Å². The summed E-state index contributed by atoms with van der Waals surface area (Å²) in [5.74, 6) is -0.312. The lowest BCUT2D eigenvalue weighted by molar-refractivity contribution is -0.125. The molecule has 0 radical (unpaired) electrons. The number of rotatable bonds is 4. The number of sulfonamides is 1. The van der Waals surface area contributed by atoms with Crippen molar-refractivity contribution in [2.24, 2.45) is 0 Å². The maximum absolute atomic E-state index is 12.2. The zero-order valence-electron chi connectivity index (χ0n) is 14.1. The maximum Gasteiger partial charge on any atom is 0.238 e. The van der Waals surface area contributed by atoms with E-state index in [2.05, 4.69) is 10.6 Å². The number of anilines is 2. The molecule has 2 heterocycles. The van der Waals surface area contributed by atoms with Crippen LogP contribution in [0.3, 0.4) is 0 Å². The molecule has 1 aromatic rings. The molecule has 3 rings (SSSR count). The highest BCUT2D eigenvalue weighted by atomic mass is 32.2. The van der Waals surface area contributed by atoms with Gasteiger partial charge in [-0.3, -0.25) is 18.8 Å². The first kappa shape index (κ1) is 17.7. The van der Waals surface area contributed by atoms with Crippen molar-refractivity contribution in [1.82, 2.24) is 10.2 Å². The molecule has 0 atom stereocenters. The van der Waals surface area contributed by atoms with E-state index < -0.39 is 10.0 Å². The second-order valence-corrected chi connectivity index (χ2v) is 8.30. The van der Waals surface area contributed by atoms with Crippen molar-refractivity contribution in [3.8, 4) is 0 Å². The van der Waals surface area contributed by atoms with Crippen LogP contribution in [0, 0.1) is 0 Å². The molecule has 1 fully saturated rings. The molecular weight excluding hydrogens is 344 g/mol. The molecular formula is C16H22N4O4S. The van der Waals surface area contributed by atoms with Crippen LogP contribution >= 0.6 is 0 Å². The molecule has 9 heteroatoms. The third kappa shape index (κ3) is 4.29. The molecule has 136 valence electrons. The van der Waals surface area contributed by atoms with Gasteiger partial charge in [-0.1, -0.05) is 6.07 Å². The van der Waals surface area contributed by atoms with E-state index in [1.807, 2.05) is 6.07 Å². The van der Waals surface area contributed by atoms with Crippen LogP contribution in [0.25, 0.3) is 0 Å². The number of nitrogens with one attached hydrogen (secondary N) is 2. The van der Waals surface area contributed by atoms with E-state index in [1.54, 1.807) is 17.0 Å². The van der Waals surface area contributed by atoms with Gasteiger partial charge < -0.3 is 10.6 Å². The minimum absolute atomic E-state index is 0.0865. The lowest BCUT2D eigenvalue weighted by Crippen LogP contribution is -2.49. The summed E-state index contributed by atoms with van der Waals surface area (Å²) in [6.45, 7) is 1.95. The van der Waals surface area contributed by atoms with Crippen LogP contribution in [0.1, 0.15) is 12.0 Å². The predicted octanol–water partition coefficient (Wildman–Crippen LogP) is -0.231. The smallest absolute Gasteiger partial charge is 0.238 e. The molecule has 8 nitrogen and oxygen atoms in total. The van der Waals surface area contributed by atoms with Crippen LogP contribution in [0.2, 0.25) is 0 Å². The Balaban J connectivity index is 1.71. The molecule has 25 heavy (non-hydrogen) atoms. The normalized spacial score (nSPS) is 18.4. The molecule has 0 aliphatic carbocycles. The molecule has 2 aliphatic rings. The van der Waals surface area contributed by atoms with E-state index in [0.717, 1.165) is 18.4 Å². The monoisotopic (exact) mass is 366 g/mol. The fourth-order valence-electron chi connectivity index (χ4n) is 3.19. The molecule has 0 bridgehead atoms. The summed E-state index contributed by atoms with van der Waals surface area (Å²) >= 11 is 0. The van der Waals surface area contributed by atoms with Crippen LogP contribution in [0.15, 0.2) is 18.2 Å². The molecule has 2 N–H and O–H groups in total. The summed E-state index contributed by atoms with van der Waals surface area (Å²) in [4.78, 5) is 25.3. The van der Waals surface area contributed by atoms with Gasteiger partial charge in [0.1, 0.15) is 0 Å². The highest BCUT2D eigenvalue weighted by Crippen LogP contribution is 2.31. The number of amides is 2. The van der Waals surface area contributed by atoms with Crippen molar-refractivity contribution in [1.29, 1.82) is 0 Å². The summed E-state index contributed by atoms with van der Waals surface area (Å²) in [5.41, 5.74) is 2.15. The molecule has 0 saturated carbocycles. The highest BCUT2D eigenvalue weighted by Gasteiger charge is 2.24. The first-order valence-electron chi connectivity index (χ1n) is 8.22. The summed E-state index contributed by atoms with van der Waals surface area (Å²) in [6.07, 6.45) is 2.79. The fourth-order valence-corrected chi connectivity index (χ4v) is 4.18. The van der Waals surface area contributed by atoms with E-state index in [-0.39, 0.29) is 24.9 Å². The van der Waals surface area contributed by atoms with Crippen molar-refractivity contribution in [3.05, 3.63) is 23.8 Å². The maximum atomic E-state index is 12.2. The average Bonchev–Trinajstić information content (AvgIpc) is 2.53. The van der Waals surface area contributed by atoms with E-state index in [4.69, 9.17) is 0 Å². The van der Waals surface area contributed by atoms with Crippen LogP contribution in [-0.2, 0) is 26.0 Å². The summed E-state index contributed by atoms with van der Waals surface area (Å²) < 4.78 is 25.3. The van der Waals surface area contributed by atoms with E-state index in [0.29, 0.717) is 31.0 Å². The van der Waals surface area contributed by atoms with Gasteiger partial charge in [-0.25, -0.2) is 8.42 Å². The Morgan fingerprint density at radius 2 is 2.12 bits per heavy atom. The molecule has 0 aromatic heterocycles. The number of fused-ring (bicyclic) bond motifs is 1. The third-order valence-electron chi connectivity index (χ3n) is 4.33. The largest absolute Gasteiger partial charge is 0.354 e. The Bertz CT molecular complexity index is 793. The number of hydrogen-bond acceptors (Lipinski definition) is 5. The van der Waals surface area contributed by atoms with E-state index >= 15 is 0 Å². The Hall–Kier alpha value is -2.13. The summed E-state index contributed by atoms with van der Waals surface area (Å²) in [5, 5.41) is 5.51. The number of hydrogen-bond donors (Lipinski definition) is 2. The zero-order valence-corrected chi connectivity index (χ0v) is 14.9. The minimum Gasteiger partial charge on any atom is -0.354 e. The average molecular weight is 366 g/mol. The summed E-state index contributed by atoms with van der Waals surface area (Å²) in [7, 11) is -3.35. The van der Waals surface area contributed by atoms with Gasteiger partial charge in [0.2, 0.25) is 21.8 Å². The van der Waals surface area contributed by atoms with Crippen LogP contribution in [-0.4, -0.2) is 64.1 Å². The number of aryl methyl sites for hydroxylation is 1. The number of carbonyl (C=O) groups excluding carboxylic acids is 2. The molecule has 2 amide bonds. The van der Waals surface area contributed by atoms with Gasteiger partial charge in [0.05, 0.1) is 25.0 Å². The minimum atomic E-state index is -3.35. The standard InChI is InChI=1S/C16H22N4O4S/c1-25(23,24)20-7-2-3-12-4-5-13(9-14(12)20)18-16(22)11-19-8-6-17-15(21)10-19/h4-5,9H,2-3,6-8,10-11H2,1H3,(H,17,21)(H,18,22). The zero-order chi connectivity index (χ0) is 18.0. The Labute approximate surface area is 147 Å². The van der Waals surface area contributed by atoms with E-state index in [9.17, 15) is 18.0 Å². The van der Waals surface area contributed by atoms with Gasteiger partial charge in [0, 0.05) is 25.3 Å². The molecule has 0 unspecified atom stereocenters. The first-order valence-corrected chi connectivity index (χ1v) is 10.1. The van der Waals surface area contributed by atoms with Gasteiger partial charge in [-0.05, 0) is 30.5 Å². The third-order valence-corrected chi connectivity index (χ3v) is 5.51. The van der Waals surface area contributed by atoms with Gasteiger partial charge in [0.15, 0.2) is 0 Å². The topological polar surface area (TPSA) is 98.8 Å². The number of piperazine rings is 1. The van der Waals surface area contributed by atoms with Crippen LogP contribution < -0.4 is 14.9 Å². The number of benzene rings is 1. The van der Waals surface area contributed by atoms with Crippen molar-refractivity contribution < 1.29 is 18.0 Å². The second kappa shape index (κ2) is 7.01. The lowest BCUT2D eigenvalue weighted by atomic mass is 10.0. The summed E-state index contributed by atoms with van der Waals surface area (Å²) in [6, 6.07) is 5.35. The fraction of sp³-hybridized carbons (Fsp3) is 0.500. The number of nitrogens with zero attached hydrogens (tertiary/aromatic N) is 2. The predicted molar refractivity (Wildman–Crippen MR) is 95.0 cm³/mol. The van der Waals surface area contributed by atoms with E-state index in [1.165, 1.54) is 10.6 Å². The molecule has 1 aromatic carbocycles. The number of carbonyl (C=O) groups is 2. The van der Waals surface area contributed by atoms with Crippen LogP contribution in [0.4, 0.5) is 11.4 Å². The van der Waals surface area contributed by atoms with Crippen molar-refractivity contribution in [2.75, 3.05) is 48.6 Å². The highest BCUT2D eigenvalue weighted by molar-refractivity contribution is 7.92. The SMILES string of the molecule is CS(=O)(=O)N1CCCc2ccc(NC(=O)CN3CCNC(=O)C3)cc21. The van der Waals surface area contributed by atoms with Crippen molar-refractivity contribution in [3.63, 3.8) is 0 Å². The Morgan fingerprint density at radius 3 is 2.84 bits per heavy atom.